The molecule has 0 aromatic heterocycles. The lowest BCUT2D eigenvalue weighted by Crippen LogP contribution is -2.16. The van der Waals surface area contributed by atoms with Crippen LogP contribution in [0.4, 0.5) is 0 Å². The number of rotatable bonds is 5. The average molecular weight is 277 g/mol. The number of methoxy groups -OCH3 is 1. The van der Waals surface area contributed by atoms with Crippen molar-refractivity contribution < 1.29 is 14.6 Å². The van der Waals surface area contributed by atoms with Gasteiger partial charge in [0.05, 0.1) is 13.5 Å². The van der Waals surface area contributed by atoms with E-state index in [-0.39, 0.29) is 6.42 Å². The molecule has 4 heteroatoms. The van der Waals surface area contributed by atoms with Crippen LogP contribution in [0.3, 0.4) is 0 Å². The molecular formula is C16H23NO3. The number of ether oxygens (including phenoxy) is 1. The van der Waals surface area contributed by atoms with Crippen molar-refractivity contribution in [2.75, 3.05) is 7.11 Å². The normalized spacial score (nSPS) is 17.7. The van der Waals surface area contributed by atoms with E-state index in [2.05, 4.69) is 0 Å². The fourth-order valence-electron chi connectivity index (χ4n) is 3.02. The van der Waals surface area contributed by atoms with E-state index >= 15 is 0 Å². The van der Waals surface area contributed by atoms with E-state index < -0.39 is 12.0 Å². The molecule has 1 aliphatic rings. The van der Waals surface area contributed by atoms with E-state index in [4.69, 9.17) is 15.6 Å². The SMILES string of the molecule is COc1ccc(C(N)CC(=O)O)cc1C1CCCCC1. The number of nitrogens with two attached hydrogens (primary N) is 1. The molecule has 0 radical (unpaired) electrons. The van der Waals surface area contributed by atoms with Gasteiger partial charge < -0.3 is 15.6 Å². The minimum absolute atomic E-state index is 0.0452. The van der Waals surface area contributed by atoms with E-state index in [1.165, 1.54) is 37.7 Å². The molecule has 0 bridgehead atoms. The molecule has 110 valence electrons. The van der Waals surface area contributed by atoms with Crippen LogP contribution in [-0.2, 0) is 4.79 Å². The van der Waals surface area contributed by atoms with E-state index in [9.17, 15) is 4.79 Å². The monoisotopic (exact) mass is 277 g/mol. The van der Waals surface area contributed by atoms with Gasteiger partial charge in [-0.25, -0.2) is 0 Å². The molecule has 0 saturated heterocycles. The van der Waals surface area contributed by atoms with Gasteiger partial charge in [0.1, 0.15) is 5.75 Å². The molecule has 1 aliphatic carbocycles. The standard InChI is InChI=1S/C16H23NO3/c1-20-15-8-7-12(14(17)10-16(18)19)9-13(15)11-5-3-2-4-6-11/h7-9,11,14H,2-6,10,17H2,1H3,(H,18,19). The van der Waals surface area contributed by atoms with Crippen LogP contribution in [0.25, 0.3) is 0 Å². The summed E-state index contributed by atoms with van der Waals surface area (Å²) in [6.45, 7) is 0. The molecule has 0 heterocycles. The number of hydrogen-bond acceptors (Lipinski definition) is 3. The molecule has 1 aromatic carbocycles. The molecule has 1 fully saturated rings. The van der Waals surface area contributed by atoms with E-state index in [0.29, 0.717) is 5.92 Å². The lowest BCUT2D eigenvalue weighted by Gasteiger charge is -2.25. The Bertz CT molecular complexity index is 467. The first kappa shape index (κ1) is 14.9. The molecule has 1 unspecified atom stereocenters. The topological polar surface area (TPSA) is 72.5 Å². The van der Waals surface area contributed by atoms with Crippen molar-refractivity contribution in [1.29, 1.82) is 0 Å². The van der Waals surface area contributed by atoms with Crippen molar-refractivity contribution in [3.05, 3.63) is 29.3 Å². The zero-order valence-corrected chi connectivity index (χ0v) is 12.0. The van der Waals surface area contributed by atoms with E-state index in [0.717, 1.165) is 11.3 Å². The van der Waals surface area contributed by atoms with Gasteiger partial charge in [-0.2, -0.15) is 0 Å². The number of carboxylic acids is 1. The Morgan fingerprint density at radius 1 is 1.40 bits per heavy atom. The third-order valence-electron chi connectivity index (χ3n) is 4.12. The Morgan fingerprint density at radius 2 is 2.10 bits per heavy atom. The van der Waals surface area contributed by atoms with Crippen molar-refractivity contribution >= 4 is 5.97 Å². The van der Waals surface area contributed by atoms with Gasteiger partial charge in [-0.15, -0.1) is 0 Å². The van der Waals surface area contributed by atoms with Gasteiger partial charge in [0.15, 0.2) is 0 Å². The maximum Gasteiger partial charge on any atom is 0.305 e. The summed E-state index contributed by atoms with van der Waals surface area (Å²) in [4.78, 5) is 10.8. The second-order valence-corrected chi connectivity index (χ2v) is 5.54. The van der Waals surface area contributed by atoms with Crippen LogP contribution >= 0.6 is 0 Å². The molecule has 4 nitrogen and oxygen atoms in total. The minimum atomic E-state index is -0.868. The number of benzene rings is 1. The van der Waals surface area contributed by atoms with Gasteiger partial charge in [0.2, 0.25) is 0 Å². The van der Waals surface area contributed by atoms with Crippen LogP contribution in [0.2, 0.25) is 0 Å². The van der Waals surface area contributed by atoms with Crippen molar-refractivity contribution in [2.45, 2.75) is 50.5 Å². The molecule has 2 rings (SSSR count). The van der Waals surface area contributed by atoms with Crippen LogP contribution < -0.4 is 10.5 Å². The van der Waals surface area contributed by atoms with Crippen LogP contribution in [0.5, 0.6) is 5.75 Å². The van der Waals surface area contributed by atoms with Crippen molar-refractivity contribution in [3.63, 3.8) is 0 Å². The highest BCUT2D eigenvalue weighted by molar-refractivity contribution is 5.68. The van der Waals surface area contributed by atoms with Gasteiger partial charge in [-0.1, -0.05) is 31.4 Å². The summed E-state index contributed by atoms with van der Waals surface area (Å²) in [7, 11) is 1.68. The van der Waals surface area contributed by atoms with Gasteiger partial charge in [0, 0.05) is 6.04 Å². The Morgan fingerprint density at radius 3 is 2.70 bits per heavy atom. The summed E-state index contributed by atoms with van der Waals surface area (Å²) in [5.41, 5.74) is 8.03. The molecule has 0 amide bonds. The molecular weight excluding hydrogens is 254 g/mol. The maximum absolute atomic E-state index is 10.8. The van der Waals surface area contributed by atoms with Crippen molar-refractivity contribution in [3.8, 4) is 5.75 Å². The minimum Gasteiger partial charge on any atom is -0.496 e. The zero-order valence-electron chi connectivity index (χ0n) is 12.0. The largest absolute Gasteiger partial charge is 0.496 e. The zero-order chi connectivity index (χ0) is 14.5. The summed E-state index contributed by atoms with van der Waals surface area (Å²) in [6.07, 6.45) is 6.11. The quantitative estimate of drug-likeness (QED) is 0.866. The highest BCUT2D eigenvalue weighted by Gasteiger charge is 2.21. The lowest BCUT2D eigenvalue weighted by atomic mass is 9.82. The van der Waals surface area contributed by atoms with Gasteiger partial charge in [-0.3, -0.25) is 4.79 Å². The second kappa shape index (κ2) is 6.75. The van der Waals surface area contributed by atoms with Crippen molar-refractivity contribution in [1.82, 2.24) is 0 Å². The molecule has 1 saturated carbocycles. The van der Waals surface area contributed by atoms with Crippen LogP contribution in [-0.4, -0.2) is 18.2 Å². The Balaban J connectivity index is 2.25. The van der Waals surface area contributed by atoms with Crippen LogP contribution in [0.15, 0.2) is 18.2 Å². The number of aliphatic carboxylic acids is 1. The van der Waals surface area contributed by atoms with Crippen LogP contribution in [0, 0.1) is 0 Å². The first-order valence-electron chi connectivity index (χ1n) is 7.27. The molecule has 0 aliphatic heterocycles. The molecule has 20 heavy (non-hydrogen) atoms. The number of carbonyl (C=O) groups is 1. The number of hydrogen-bond donors (Lipinski definition) is 2. The predicted octanol–water partition coefficient (Wildman–Crippen LogP) is 3.22. The van der Waals surface area contributed by atoms with Gasteiger partial charge in [0.25, 0.3) is 0 Å². The molecule has 3 N–H and O–H groups in total. The lowest BCUT2D eigenvalue weighted by molar-refractivity contribution is -0.137. The summed E-state index contributed by atoms with van der Waals surface area (Å²) >= 11 is 0. The van der Waals surface area contributed by atoms with Gasteiger partial charge in [-0.05, 0) is 36.0 Å². The number of carboxylic acid groups (broad SMARTS) is 1. The summed E-state index contributed by atoms with van der Waals surface area (Å²) in [5, 5.41) is 8.86. The third kappa shape index (κ3) is 3.51. The summed E-state index contributed by atoms with van der Waals surface area (Å²) in [6, 6.07) is 5.38. The Hall–Kier alpha value is -1.55. The van der Waals surface area contributed by atoms with Crippen LogP contribution in [0.1, 0.15) is 61.6 Å². The molecule has 0 spiro atoms. The van der Waals surface area contributed by atoms with Gasteiger partial charge >= 0.3 is 5.97 Å². The van der Waals surface area contributed by atoms with Crippen molar-refractivity contribution in [2.24, 2.45) is 5.73 Å². The van der Waals surface area contributed by atoms with E-state index in [1.54, 1.807) is 7.11 Å². The second-order valence-electron chi connectivity index (χ2n) is 5.54. The smallest absolute Gasteiger partial charge is 0.305 e. The Kier molecular flexibility index (Phi) is 5.01. The summed E-state index contributed by atoms with van der Waals surface area (Å²) < 4.78 is 5.46. The summed E-state index contributed by atoms with van der Waals surface area (Å²) in [5.74, 6) is 0.534. The highest BCUT2D eigenvalue weighted by Crippen LogP contribution is 2.38. The predicted molar refractivity (Wildman–Crippen MR) is 78.0 cm³/mol. The third-order valence-corrected chi connectivity index (χ3v) is 4.12. The maximum atomic E-state index is 10.8. The molecule has 1 aromatic rings. The fourth-order valence-corrected chi connectivity index (χ4v) is 3.02. The Labute approximate surface area is 119 Å². The van der Waals surface area contributed by atoms with E-state index in [1.807, 2.05) is 18.2 Å². The molecule has 1 atom stereocenters. The highest BCUT2D eigenvalue weighted by atomic mass is 16.5. The first-order valence-corrected chi connectivity index (χ1v) is 7.27. The fraction of sp³-hybridized carbons (Fsp3) is 0.562. The average Bonchev–Trinajstić information content (AvgIpc) is 2.46. The first-order chi connectivity index (χ1) is 9.61.